The number of anilines is 1. The molecule has 0 saturated carbocycles. The zero-order valence-electron chi connectivity index (χ0n) is 21.1. The average molecular weight is 568 g/mol. The van der Waals surface area contributed by atoms with Gasteiger partial charge in [-0.05, 0) is 66.7 Å². The van der Waals surface area contributed by atoms with Gasteiger partial charge in [0.05, 0.1) is 17.3 Å². The minimum absolute atomic E-state index is 0.185. The summed E-state index contributed by atoms with van der Waals surface area (Å²) in [4.78, 5) is 4.97. The highest BCUT2D eigenvalue weighted by atomic mass is 35.5. The minimum atomic E-state index is -0.185. The molecular weight excluding hydrogens is 543 g/mol. The van der Waals surface area contributed by atoms with E-state index in [0.29, 0.717) is 21.6 Å². The summed E-state index contributed by atoms with van der Waals surface area (Å²) in [7, 11) is 0. The lowest BCUT2D eigenvalue weighted by atomic mass is 9.89. The van der Waals surface area contributed by atoms with Crippen LogP contribution in [0.5, 0.6) is 0 Å². The molecular formula is C32H24Cl2N4S. The number of benzene rings is 4. The molecule has 0 spiro atoms. The van der Waals surface area contributed by atoms with Crippen LogP contribution in [-0.2, 0) is 0 Å². The van der Waals surface area contributed by atoms with Crippen LogP contribution >= 0.6 is 35.4 Å². The summed E-state index contributed by atoms with van der Waals surface area (Å²) in [5.41, 5.74) is 7.65. The predicted molar refractivity (Wildman–Crippen MR) is 167 cm³/mol. The van der Waals surface area contributed by atoms with Crippen molar-refractivity contribution in [3.8, 4) is 11.1 Å². The van der Waals surface area contributed by atoms with Crippen LogP contribution in [0.3, 0.4) is 0 Å². The number of aromatic nitrogens is 1. The van der Waals surface area contributed by atoms with Gasteiger partial charge in [0.15, 0.2) is 5.11 Å². The Bertz CT molecular complexity index is 1720. The summed E-state index contributed by atoms with van der Waals surface area (Å²) in [5.74, 6) is 0. The molecule has 0 fully saturated rings. The number of para-hydroxylation sites is 1. The Balaban J connectivity index is 1.53. The van der Waals surface area contributed by atoms with Crippen LogP contribution in [-0.4, -0.2) is 20.8 Å². The van der Waals surface area contributed by atoms with Crippen LogP contribution in [0.1, 0.15) is 29.3 Å². The first-order valence-electron chi connectivity index (χ1n) is 12.6. The highest BCUT2D eigenvalue weighted by Crippen LogP contribution is 2.41. The molecule has 7 heteroatoms. The summed E-state index contributed by atoms with van der Waals surface area (Å²) >= 11 is 19.1. The van der Waals surface area contributed by atoms with E-state index in [4.69, 9.17) is 45.5 Å². The third-order valence-electron chi connectivity index (χ3n) is 6.89. The first-order valence-corrected chi connectivity index (χ1v) is 13.8. The van der Waals surface area contributed by atoms with Crippen LogP contribution in [0, 0.1) is 6.92 Å². The molecule has 0 amide bonds. The number of aryl methyl sites for hydroxylation is 1. The van der Waals surface area contributed by atoms with Crippen molar-refractivity contribution in [3.05, 3.63) is 130 Å². The fraction of sp³-hybridized carbons (Fsp3) is 0.0938. The first kappa shape index (κ1) is 25.5. The largest absolute Gasteiger partial charge is 0.331 e. The summed E-state index contributed by atoms with van der Waals surface area (Å²) in [6.07, 6.45) is 0.606. The van der Waals surface area contributed by atoms with Gasteiger partial charge in [0.2, 0.25) is 0 Å². The topological polar surface area (TPSA) is 40.5 Å². The van der Waals surface area contributed by atoms with E-state index >= 15 is 0 Å². The van der Waals surface area contributed by atoms with Crippen LogP contribution in [0.25, 0.3) is 22.0 Å². The Morgan fingerprint density at radius 2 is 1.56 bits per heavy atom. The summed E-state index contributed by atoms with van der Waals surface area (Å²) < 4.78 is 0. The number of hydrogen-bond donors (Lipinski definition) is 1. The van der Waals surface area contributed by atoms with Gasteiger partial charge in [-0.3, -0.25) is 4.98 Å². The predicted octanol–water partition coefficient (Wildman–Crippen LogP) is 9.07. The molecule has 4 nitrogen and oxygen atoms in total. The van der Waals surface area contributed by atoms with Crippen LogP contribution in [0.2, 0.25) is 10.0 Å². The summed E-state index contributed by atoms with van der Waals surface area (Å²) in [6.45, 7) is 2.03. The van der Waals surface area contributed by atoms with Gasteiger partial charge in [-0.2, -0.15) is 5.10 Å². The molecule has 39 heavy (non-hydrogen) atoms. The zero-order valence-corrected chi connectivity index (χ0v) is 23.4. The normalized spacial score (nSPS) is 14.9. The van der Waals surface area contributed by atoms with Crippen molar-refractivity contribution >= 4 is 62.8 Å². The van der Waals surface area contributed by atoms with Crippen LogP contribution in [0.4, 0.5) is 5.69 Å². The second kappa shape index (κ2) is 10.8. The Hall–Kier alpha value is -3.77. The molecule has 5 aromatic rings. The van der Waals surface area contributed by atoms with Crippen molar-refractivity contribution < 1.29 is 0 Å². The number of halogens is 2. The minimum Gasteiger partial charge on any atom is -0.331 e. The third kappa shape index (κ3) is 5.01. The van der Waals surface area contributed by atoms with E-state index in [-0.39, 0.29) is 6.04 Å². The lowest BCUT2D eigenvalue weighted by Crippen LogP contribution is -2.31. The number of hydrazone groups is 1. The molecule has 0 saturated heterocycles. The quantitative estimate of drug-likeness (QED) is 0.220. The summed E-state index contributed by atoms with van der Waals surface area (Å²) in [6, 6.07) is 33.7. The van der Waals surface area contributed by atoms with E-state index in [1.165, 1.54) is 0 Å². The molecule has 0 aliphatic carbocycles. The van der Waals surface area contributed by atoms with Gasteiger partial charge in [0.1, 0.15) is 0 Å². The van der Waals surface area contributed by atoms with Gasteiger partial charge < -0.3 is 5.32 Å². The number of nitrogens with zero attached hydrogens (tertiary/aromatic N) is 3. The van der Waals surface area contributed by atoms with Gasteiger partial charge in [-0.25, -0.2) is 5.01 Å². The van der Waals surface area contributed by atoms with Crippen molar-refractivity contribution in [3.63, 3.8) is 0 Å². The van der Waals surface area contributed by atoms with Crippen LogP contribution in [0.15, 0.2) is 108 Å². The number of hydrogen-bond acceptors (Lipinski definition) is 3. The number of rotatable bonds is 4. The van der Waals surface area contributed by atoms with E-state index in [0.717, 1.165) is 50.2 Å². The maximum Gasteiger partial charge on any atom is 0.194 e. The Kier molecular flexibility index (Phi) is 7.05. The van der Waals surface area contributed by atoms with Crippen molar-refractivity contribution in [1.29, 1.82) is 0 Å². The third-order valence-corrected chi connectivity index (χ3v) is 7.76. The first-order chi connectivity index (χ1) is 19.0. The maximum atomic E-state index is 6.71. The molecule has 0 bridgehead atoms. The molecule has 0 radical (unpaired) electrons. The Labute approximate surface area is 242 Å². The molecule has 2 heterocycles. The number of fused-ring (bicyclic) bond motifs is 1. The SMILES string of the molecule is Cc1nc2ccc(Cl)cc2c(-c2ccccc2)c1C1=NN(C(=S)Nc2ccccc2)C(c2ccccc2Cl)C1. The van der Waals surface area contributed by atoms with Gasteiger partial charge >= 0.3 is 0 Å². The van der Waals surface area contributed by atoms with E-state index in [1.807, 2.05) is 103 Å². The fourth-order valence-electron chi connectivity index (χ4n) is 5.15. The van der Waals surface area contributed by atoms with Crippen molar-refractivity contribution in [1.82, 2.24) is 9.99 Å². The van der Waals surface area contributed by atoms with E-state index in [9.17, 15) is 0 Å². The van der Waals surface area contributed by atoms with Crippen molar-refractivity contribution in [2.75, 3.05) is 5.32 Å². The summed E-state index contributed by atoms with van der Waals surface area (Å²) in [5, 5.41) is 13.2. The van der Waals surface area contributed by atoms with E-state index < -0.39 is 0 Å². The molecule has 1 aliphatic rings. The van der Waals surface area contributed by atoms with Crippen molar-refractivity contribution in [2.24, 2.45) is 5.10 Å². The number of thiocarbonyl (C=S) groups is 1. The Morgan fingerprint density at radius 1 is 0.872 bits per heavy atom. The lowest BCUT2D eigenvalue weighted by Gasteiger charge is -2.25. The van der Waals surface area contributed by atoms with Gasteiger partial charge in [-0.15, -0.1) is 0 Å². The molecule has 1 atom stereocenters. The molecule has 1 aromatic heterocycles. The smallest absolute Gasteiger partial charge is 0.194 e. The number of pyridine rings is 1. The molecule has 4 aromatic carbocycles. The second-order valence-corrected chi connectivity index (χ2v) is 10.6. The lowest BCUT2D eigenvalue weighted by molar-refractivity contribution is 0.375. The highest BCUT2D eigenvalue weighted by Gasteiger charge is 2.35. The highest BCUT2D eigenvalue weighted by molar-refractivity contribution is 7.80. The zero-order chi connectivity index (χ0) is 26.9. The molecule has 192 valence electrons. The van der Waals surface area contributed by atoms with Gasteiger partial charge in [-0.1, -0.05) is 89.9 Å². The maximum absolute atomic E-state index is 6.71. The second-order valence-electron chi connectivity index (χ2n) is 9.40. The number of nitrogens with one attached hydrogen (secondary N) is 1. The van der Waals surface area contributed by atoms with Gasteiger partial charge in [0, 0.05) is 44.4 Å². The molecule has 1 aliphatic heterocycles. The van der Waals surface area contributed by atoms with E-state index in [2.05, 4.69) is 17.4 Å². The molecule has 1 N–H and O–H groups in total. The molecule has 1 unspecified atom stereocenters. The average Bonchev–Trinajstić information content (AvgIpc) is 3.39. The van der Waals surface area contributed by atoms with Gasteiger partial charge in [0.25, 0.3) is 0 Å². The monoisotopic (exact) mass is 566 g/mol. The molecule has 6 rings (SSSR count). The standard InChI is InChI=1S/C32H24Cl2N4S/c1-20-30(31(21-10-4-2-5-11-21)25-18-22(33)16-17-27(25)35-20)28-19-29(24-14-8-9-15-26(24)34)38(37-28)32(39)36-23-12-6-3-7-13-23/h2-18,29H,19H2,1H3,(H,36,39). The fourth-order valence-corrected chi connectivity index (χ4v) is 5.87. The van der Waals surface area contributed by atoms with Crippen LogP contribution < -0.4 is 5.32 Å². The Morgan fingerprint density at radius 3 is 2.31 bits per heavy atom. The van der Waals surface area contributed by atoms with E-state index in [1.54, 1.807) is 0 Å². The van der Waals surface area contributed by atoms with Crippen molar-refractivity contribution in [2.45, 2.75) is 19.4 Å².